The van der Waals surface area contributed by atoms with E-state index in [2.05, 4.69) is 57.3 Å². The van der Waals surface area contributed by atoms with E-state index in [1.807, 2.05) is 0 Å². The minimum Gasteiger partial charge on any atom is -0.314 e. The lowest BCUT2D eigenvalue weighted by atomic mass is 9.75. The lowest BCUT2D eigenvalue weighted by molar-refractivity contribution is 0.292. The van der Waals surface area contributed by atoms with Crippen LogP contribution in [0.25, 0.3) is 0 Å². The third-order valence-electron chi connectivity index (χ3n) is 4.07. The average molecular weight is 245 g/mol. The van der Waals surface area contributed by atoms with E-state index >= 15 is 0 Å². The number of benzene rings is 1. The number of nitrogens with one attached hydrogen (secondary N) is 1. The average Bonchev–Trinajstić information content (AvgIpc) is 2.26. The second kappa shape index (κ2) is 5.44. The summed E-state index contributed by atoms with van der Waals surface area (Å²) in [7, 11) is 0. The van der Waals surface area contributed by atoms with Crippen LogP contribution in [0.1, 0.15) is 64.0 Å². The molecule has 1 aliphatic rings. The molecule has 1 saturated carbocycles. The monoisotopic (exact) mass is 245 g/mol. The van der Waals surface area contributed by atoms with Gasteiger partial charge in [-0.3, -0.25) is 0 Å². The molecule has 0 atom stereocenters. The summed E-state index contributed by atoms with van der Waals surface area (Å²) >= 11 is 0. The van der Waals surface area contributed by atoms with E-state index in [1.54, 1.807) is 0 Å². The first-order valence-corrected chi connectivity index (χ1v) is 7.34. The molecule has 1 aromatic rings. The zero-order chi connectivity index (χ0) is 13.2. The fourth-order valence-corrected chi connectivity index (χ4v) is 2.66. The maximum atomic E-state index is 3.60. The Kier molecular flexibility index (Phi) is 4.11. The predicted octanol–water partition coefficient (Wildman–Crippen LogP) is 4.23. The minimum absolute atomic E-state index is 0.267. The molecular formula is C17H27N. The molecule has 0 unspecified atom stereocenters. The molecule has 18 heavy (non-hydrogen) atoms. The highest BCUT2D eigenvalue weighted by atomic mass is 14.9. The van der Waals surface area contributed by atoms with Crippen LogP contribution in [-0.2, 0) is 5.41 Å². The standard InChI is InChI=1S/C17H27N/c1-5-10-18-16-11-14(12-16)13-6-8-15(9-7-13)17(2,3)4/h6-9,14,16,18H,5,10-12H2,1-4H3. The maximum Gasteiger partial charge on any atom is 0.00787 e. The molecule has 2 rings (SSSR count). The van der Waals surface area contributed by atoms with Gasteiger partial charge in [0.05, 0.1) is 0 Å². The van der Waals surface area contributed by atoms with Crippen LogP contribution in [0.2, 0.25) is 0 Å². The Labute approximate surface area is 112 Å². The lowest BCUT2D eigenvalue weighted by Gasteiger charge is -2.36. The van der Waals surface area contributed by atoms with E-state index in [0.29, 0.717) is 0 Å². The first-order chi connectivity index (χ1) is 8.50. The van der Waals surface area contributed by atoms with Crippen LogP contribution < -0.4 is 5.32 Å². The van der Waals surface area contributed by atoms with Gasteiger partial charge in [-0.2, -0.15) is 0 Å². The van der Waals surface area contributed by atoms with Gasteiger partial charge in [-0.25, -0.2) is 0 Å². The van der Waals surface area contributed by atoms with E-state index in [-0.39, 0.29) is 5.41 Å². The Morgan fingerprint density at radius 3 is 2.22 bits per heavy atom. The van der Waals surface area contributed by atoms with E-state index in [1.165, 1.54) is 36.9 Å². The van der Waals surface area contributed by atoms with Gasteiger partial charge in [-0.15, -0.1) is 0 Å². The van der Waals surface area contributed by atoms with Crippen molar-refractivity contribution in [2.24, 2.45) is 0 Å². The highest BCUT2D eigenvalue weighted by molar-refractivity contribution is 5.30. The molecule has 1 nitrogen and oxygen atoms in total. The van der Waals surface area contributed by atoms with Gasteiger partial charge in [-0.1, -0.05) is 52.0 Å². The molecule has 0 aromatic heterocycles. The van der Waals surface area contributed by atoms with Gasteiger partial charge >= 0.3 is 0 Å². The Morgan fingerprint density at radius 1 is 1.11 bits per heavy atom. The summed E-state index contributed by atoms with van der Waals surface area (Å²) in [6.45, 7) is 10.2. The summed E-state index contributed by atoms with van der Waals surface area (Å²) in [5, 5.41) is 3.60. The molecule has 1 N–H and O–H groups in total. The Balaban J connectivity index is 1.89. The van der Waals surface area contributed by atoms with Crippen molar-refractivity contribution in [1.29, 1.82) is 0 Å². The van der Waals surface area contributed by atoms with Gasteiger partial charge in [0.1, 0.15) is 0 Å². The molecule has 0 aliphatic heterocycles. The molecule has 1 aliphatic carbocycles. The second-order valence-electron chi connectivity index (χ2n) is 6.69. The normalized spacial score (nSPS) is 23.8. The molecule has 1 aromatic carbocycles. The summed E-state index contributed by atoms with van der Waals surface area (Å²) in [5.74, 6) is 0.786. The fourth-order valence-electron chi connectivity index (χ4n) is 2.66. The van der Waals surface area contributed by atoms with Crippen molar-refractivity contribution < 1.29 is 0 Å². The lowest BCUT2D eigenvalue weighted by Crippen LogP contribution is -2.40. The first-order valence-electron chi connectivity index (χ1n) is 7.34. The summed E-state index contributed by atoms with van der Waals surface area (Å²) in [4.78, 5) is 0. The maximum absolute atomic E-state index is 3.60. The zero-order valence-electron chi connectivity index (χ0n) is 12.3. The molecule has 0 spiro atoms. The van der Waals surface area contributed by atoms with Crippen LogP contribution in [0.5, 0.6) is 0 Å². The molecule has 0 amide bonds. The third kappa shape index (κ3) is 3.14. The van der Waals surface area contributed by atoms with Crippen LogP contribution in [0, 0.1) is 0 Å². The summed E-state index contributed by atoms with van der Waals surface area (Å²) < 4.78 is 0. The SMILES string of the molecule is CCCNC1CC(c2ccc(C(C)(C)C)cc2)C1. The minimum atomic E-state index is 0.267. The first kappa shape index (κ1) is 13.6. The van der Waals surface area contributed by atoms with E-state index < -0.39 is 0 Å². The van der Waals surface area contributed by atoms with Crippen molar-refractivity contribution in [2.45, 2.75) is 64.3 Å². The van der Waals surface area contributed by atoms with Gasteiger partial charge in [0.25, 0.3) is 0 Å². The van der Waals surface area contributed by atoms with Crippen LogP contribution in [0.3, 0.4) is 0 Å². The molecule has 100 valence electrons. The van der Waals surface area contributed by atoms with E-state index in [4.69, 9.17) is 0 Å². The van der Waals surface area contributed by atoms with Gasteiger partial charge in [0, 0.05) is 6.04 Å². The summed E-state index contributed by atoms with van der Waals surface area (Å²) in [6, 6.07) is 10.0. The molecule has 0 bridgehead atoms. The largest absolute Gasteiger partial charge is 0.314 e. The van der Waals surface area contributed by atoms with E-state index in [0.717, 1.165) is 12.0 Å². The van der Waals surface area contributed by atoms with Crippen molar-refractivity contribution in [2.75, 3.05) is 6.54 Å². The molecule has 1 fully saturated rings. The van der Waals surface area contributed by atoms with E-state index in [9.17, 15) is 0 Å². The predicted molar refractivity (Wildman–Crippen MR) is 79.2 cm³/mol. The van der Waals surface area contributed by atoms with Crippen molar-refractivity contribution in [1.82, 2.24) is 5.32 Å². The topological polar surface area (TPSA) is 12.0 Å². The molecule has 1 heteroatoms. The summed E-state index contributed by atoms with van der Waals surface area (Å²) in [5.41, 5.74) is 3.23. The molecule has 0 radical (unpaired) electrons. The third-order valence-corrected chi connectivity index (χ3v) is 4.07. The highest BCUT2D eigenvalue weighted by Crippen LogP contribution is 2.37. The van der Waals surface area contributed by atoms with Crippen molar-refractivity contribution in [3.8, 4) is 0 Å². The quantitative estimate of drug-likeness (QED) is 0.837. The second-order valence-corrected chi connectivity index (χ2v) is 6.69. The van der Waals surface area contributed by atoms with Gasteiger partial charge in [0.2, 0.25) is 0 Å². The van der Waals surface area contributed by atoms with Crippen molar-refractivity contribution >= 4 is 0 Å². The van der Waals surface area contributed by atoms with Crippen LogP contribution in [0.4, 0.5) is 0 Å². The fraction of sp³-hybridized carbons (Fsp3) is 0.647. The molecule has 0 saturated heterocycles. The van der Waals surface area contributed by atoms with Crippen molar-refractivity contribution in [3.63, 3.8) is 0 Å². The molecule has 0 heterocycles. The van der Waals surface area contributed by atoms with Gasteiger partial charge in [-0.05, 0) is 48.3 Å². The Hall–Kier alpha value is -0.820. The number of rotatable bonds is 4. The van der Waals surface area contributed by atoms with Crippen LogP contribution in [0.15, 0.2) is 24.3 Å². The Bertz CT molecular complexity index is 366. The molecular weight excluding hydrogens is 218 g/mol. The van der Waals surface area contributed by atoms with Crippen LogP contribution in [-0.4, -0.2) is 12.6 Å². The summed E-state index contributed by atoms with van der Waals surface area (Å²) in [6.07, 6.45) is 3.87. The number of hydrogen-bond donors (Lipinski definition) is 1. The van der Waals surface area contributed by atoms with Gasteiger partial charge < -0.3 is 5.32 Å². The smallest absolute Gasteiger partial charge is 0.00787 e. The Morgan fingerprint density at radius 2 is 1.72 bits per heavy atom. The van der Waals surface area contributed by atoms with Crippen molar-refractivity contribution in [3.05, 3.63) is 35.4 Å². The van der Waals surface area contributed by atoms with Gasteiger partial charge in [0.15, 0.2) is 0 Å². The van der Waals surface area contributed by atoms with Crippen LogP contribution >= 0.6 is 0 Å². The zero-order valence-corrected chi connectivity index (χ0v) is 12.3. The highest BCUT2D eigenvalue weighted by Gasteiger charge is 2.29. The number of hydrogen-bond acceptors (Lipinski definition) is 1.